The Balaban J connectivity index is 3.15. The van der Waals surface area contributed by atoms with Crippen LogP contribution < -0.4 is 5.11 Å². The monoisotopic (exact) mass is 203 g/mol. The molecule has 0 atom stereocenters. The summed E-state index contributed by atoms with van der Waals surface area (Å²) in [7, 11) is 1.64. The fraction of sp³-hybridized carbons (Fsp3) is 0.200. The average molecular weight is 204 g/mol. The number of aryl methyl sites for hydroxylation is 1. The molecule has 0 saturated carbocycles. The van der Waals surface area contributed by atoms with E-state index in [0.717, 1.165) is 0 Å². The molecule has 0 aromatic carbocycles. The highest BCUT2D eigenvalue weighted by molar-refractivity contribution is 9.10. The van der Waals surface area contributed by atoms with E-state index in [1.807, 2.05) is 0 Å². The normalized spacial score (nSPS) is 9.80. The van der Waals surface area contributed by atoms with Crippen molar-refractivity contribution >= 4 is 21.9 Å². The first-order chi connectivity index (χ1) is 4.61. The third kappa shape index (κ3) is 1.18. The Morgan fingerprint density at radius 1 is 1.90 bits per heavy atom. The van der Waals surface area contributed by atoms with Crippen molar-refractivity contribution < 1.29 is 9.90 Å². The zero-order valence-corrected chi connectivity index (χ0v) is 6.75. The fourth-order valence-corrected chi connectivity index (χ4v) is 1.14. The molecule has 0 radical (unpaired) electrons. The Morgan fingerprint density at radius 3 is 2.70 bits per heavy atom. The van der Waals surface area contributed by atoms with Crippen LogP contribution in [0.25, 0.3) is 0 Å². The predicted molar refractivity (Wildman–Crippen MR) is 35.2 cm³/mol. The first-order valence-electron chi connectivity index (χ1n) is 2.51. The zero-order valence-electron chi connectivity index (χ0n) is 5.17. The van der Waals surface area contributed by atoms with Gasteiger partial charge < -0.3 is 9.90 Å². The SMILES string of the molecule is Cn1cc(Br)c(C(=O)[O-])n1. The molecule has 0 aliphatic heterocycles. The molecule has 54 valence electrons. The zero-order chi connectivity index (χ0) is 7.72. The summed E-state index contributed by atoms with van der Waals surface area (Å²) in [5.41, 5.74) is -0.0671. The number of hydrogen-bond acceptors (Lipinski definition) is 3. The van der Waals surface area contributed by atoms with Gasteiger partial charge in [-0.25, -0.2) is 0 Å². The standard InChI is InChI=1S/C5H5BrN2O2/c1-8-2-3(6)4(7-8)5(9)10/h2H,1H3,(H,9,10)/p-1. The fourth-order valence-electron chi connectivity index (χ4n) is 0.598. The van der Waals surface area contributed by atoms with Gasteiger partial charge in [-0.3, -0.25) is 4.68 Å². The van der Waals surface area contributed by atoms with E-state index >= 15 is 0 Å². The lowest BCUT2D eigenvalue weighted by atomic mass is 10.4. The van der Waals surface area contributed by atoms with Crippen molar-refractivity contribution in [2.24, 2.45) is 7.05 Å². The third-order valence-electron chi connectivity index (χ3n) is 0.977. The number of rotatable bonds is 1. The van der Waals surface area contributed by atoms with Crippen molar-refractivity contribution in [2.75, 3.05) is 0 Å². The van der Waals surface area contributed by atoms with Crippen LogP contribution in [0.2, 0.25) is 0 Å². The summed E-state index contributed by atoms with van der Waals surface area (Å²) < 4.78 is 1.84. The average Bonchev–Trinajstić information content (AvgIpc) is 2.10. The highest BCUT2D eigenvalue weighted by Gasteiger charge is 2.03. The van der Waals surface area contributed by atoms with E-state index < -0.39 is 5.97 Å². The van der Waals surface area contributed by atoms with Crippen molar-refractivity contribution in [3.05, 3.63) is 16.4 Å². The van der Waals surface area contributed by atoms with E-state index in [2.05, 4.69) is 21.0 Å². The summed E-state index contributed by atoms with van der Waals surface area (Å²) in [5.74, 6) is -1.27. The van der Waals surface area contributed by atoms with Gasteiger partial charge in [0, 0.05) is 13.2 Å². The second kappa shape index (κ2) is 2.42. The van der Waals surface area contributed by atoms with Crippen LogP contribution in [0.1, 0.15) is 10.5 Å². The van der Waals surface area contributed by atoms with Gasteiger partial charge in [-0.15, -0.1) is 0 Å². The minimum Gasteiger partial charge on any atom is -0.543 e. The Hall–Kier alpha value is -0.840. The van der Waals surface area contributed by atoms with Gasteiger partial charge in [0.25, 0.3) is 0 Å². The molecule has 1 aromatic heterocycles. The minimum absolute atomic E-state index is 0.0671. The summed E-state index contributed by atoms with van der Waals surface area (Å²) >= 11 is 3.01. The third-order valence-corrected chi connectivity index (χ3v) is 1.56. The second-order valence-corrected chi connectivity index (χ2v) is 2.64. The first-order valence-corrected chi connectivity index (χ1v) is 3.31. The van der Waals surface area contributed by atoms with E-state index in [4.69, 9.17) is 0 Å². The van der Waals surface area contributed by atoms with Gasteiger partial charge >= 0.3 is 0 Å². The largest absolute Gasteiger partial charge is 0.543 e. The van der Waals surface area contributed by atoms with Gasteiger partial charge in [-0.2, -0.15) is 5.10 Å². The second-order valence-electron chi connectivity index (χ2n) is 1.79. The van der Waals surface area contributed by atoms with Gasteiger partial charge in [0.05, 0.1) is 10.4 Å². The van der Waals surface area contributed by atoms with E-state index in [0.29, 0.717) is 4.47 Å². The lowest BCUT2D eigenvalue weighted by molar-refractivity contribution is -0.255. The number of halogens is 1. The molecule has 1 heterocycles. The molecular formula is C5H4BrN2O2-. The van der Waals surface area contributed by atoms with Crippen LogP contribution in [0.3, 0.4) is 0 Å². The van der Waals surface area contributed by atoms with Crippen molar-refractivity contribution in [2.45, 2.75) is 0 Å². The van der Waals surface area contributed by atoms with Gasteiger partial charge in [0.1, 0.15) is 5.69 Å². The van der Waals surface area contributed by atoms with Gasteiger partial charge in [0.2, 0.25) is 0 Å². The number of carbonyl (C=O) groups is 1. The van der Waals surface area contributed by atoms with Crippen LogP contribution in [0, 0.1) is 0 Å². The molecule has 0 fully saturated rings. The quantitative estimate of drug-likeness (QED) is 0.622. The van der Waals surface area contributed by atoms with Crippen molar-refractivity contribution in [3.63, 3.8) is 0 Å². The molecule has 10 heavy (non-hydrogen) atoms. The predicted octanol–water partition coefficient (Wildman–Crippen LogP) is -0.454. The minimum atomic E-state index is -1.27. The molecule has 0 aliphatic rings. The van der Waals surface area contributed by atoms with Crippen molar-refractivity contribution in [1.29, 1.82) is 0 Å². The van der Waals surface area contributed by atoms with Crippen LogP contribution in [-0.2, 0) is 7.05 Å². The molecule has 5 heteroatoms. The number of aromatic nitrogens is 2. The number of carbonyl (C=O) groups excluding carboxylic acids is 1. The summed E-state index contributed by atoms with van der Waals surface area (Å²) in [5, 5.41) is 13.8. The van der Waals surface area contributed by atoms with E-state index in [9.17, 15) is 9.90 Å². The number of carboxylic acid groups (broad SMARTS) is 1. The van der Waals surface area contributed by atoms with Gasteiger partial charge in [-0.05, 0) is 15.9 Å². The molecule has 0 N–H and O–H groups in total. The van der Waals surface area contributed by atoms with E-state index in [-0.39, 0.29) is 5.69 Å². The maximum atomic E-state index is 10.2. The molecule has 0 unspecified atom stereocenters. The summed E-state index contributed by atoms with van der Waals surface area (Å²) in [6.07, 6.45) is 1.55. The number of carboxylic acids is 1. The lowest BCUT2D eigenvalue weighted by Crippen LogP contribution is -2.23. The van der Waals surface area contributed by atoms with Crippen molar-refractivity contribution in [1.82, 2.24) is 9.78 Å². The Bertz CT molecular complexity index is 269. The van der Waals surface area contributed by atoms with Crippen LogP contribution in [-0.4, -0.2) is 15.7 Å². The highest BCUT2D eigenvalue weighted by atomic mass is 79.9. The van der Waals surface area contributed by atoms with E-state index in [1.165, 1.54) is 4.68 Å². The summed E-state index contributed by atoms with van der Waals surface area (Å²) in [6.45, 7) is 0. The highest BCUT2D eigenvalue weighted by Crippen LogP contribution is 2.12. The van der Waals surface area contributed by atoms with Crippen molar-refractivity contribution in [3.8, 4) is 0 Å². The Labute approximate surface area is 65.6 Å². The first kappa shape index (κ1) is 7.27. The maximum Gasteiger partial charge on any atom is 0.122 e. The summed E-state index contributed by atoms with van der Waals surface area (Å²) in [4.78, 5) is 10.2. The molecule has 1 rings (SSSR count). The number of hydrogen-bond donors (Lipinski definition) is 0. The smallest absolute Gasteiger partial charge is 0.122 e. The molecule has 0 amide bonds. The van der Waals surface area contributed by atoms with Gasteiger partial charge in [0.15, 0.2) is 0 Å². The Kier molecular flexibility index (Phi) is 1.76. The summed E-state index contributed by atoms with van der Waals surface area (Å²) in [6, 6.07) is 0. The Morgan fingerprint density at radius 2 is 2.50 bits per heavy atom. The lowest BCUT2D eigenvalue weighted by Gasteiger charge is -1.94. The molecular weight excluding hydrogens is 200 g/mol. The van der Waals surface area contributed by atoms with Crippen LogP contribution in [0.4, 0.5) is 0 Å². The van der Waals surface area contributed by atoms with Gasteiger partial charge in [-0.1, -0.05) is 0 Å². The van der Waals surface area contributed by atoms with Crippen LogP contribution in [0.15, 0.2) is 10.7 Å². The maximum absolute atomic E-state index is 10.2. The number of nitrogens with zero attached hydrogens (tertiary/aromatic N) is 2. The topological polar surface area (TPSA) is 58.0 Å². The number of aromatic carboxylic acids is 1. The molecule has 4 nitrogen and oxygen atoms in total. The molecule has 0 aliphatic carbocycles. The molecule has 1 aromatic rings. The molecule has 0 bridgehead atoms. The van der Waals surface area contributed by atoms with Crippen LogP contribution in [0.5, 0.6) is 0 Å². The van der Waals surface area contributed by atoms with Crippen LogP contribution >= 0.6 is 15.9 Å². The molecule has 0 saturated heterocycles. The molecule has 0 spiro atoms. The van der Waals surface area contributed by atoms with E-state index in [1.54, 1.807) is 13.2 Å².